The van der Waals surface area contributed by atoms with Gasteiger partial charge in [-0.2, -0.15) is 0 Å². The number of fused-ring (bicyclic) bond motifs is 1. The highest BCUT2D eigenvalue weighted by atomic mass is 16.4. The van der Waals surface area contributed by atoms with Gasteiger partial charge in [0, 0.05) is 29.7 Å². The van der Waals surface area contributed by atoms with Crippen molar-refractivity contribution in [1.29, 1.82) is 0 Å². The van der Waals surface area contributed by atoms with Crippen molar-refractivity contribution in [3.63, 3.8) is 0 Å². The molecule has 1 saturated heterocycles. The summed E-state index contributed by atoms with van der Waals surface area (Å²) in [6.07, 6.45) is 2.07. The average Bonchev–Trinajstić information content (AvgIpc) is 3.22. The largest absolute Gasteiger partial charge is 0.422 e. The highest BCUT2D eigenvalue weighted by Crippen LogP contribution is 2.17. The molecule has 4 rings (SSSR count). The van der Waals surface area contributed by atoms with E-state index in [1.165, 1.54) is 6.07 Å². The van der Waals surface area contributed by atoms with E-state index in [9.17, 15) is 14.4 Å². The van der Waals surface area contributed by atoms with Gasteiger partial charge in [-0.25, -0.2) is 4.79 Å². The first-order chi connectivity index (χ1) is 13.1. The third-order valence-corrected chi connectivity index (χ3v) is 4.67. The lowest BCUT2D eigenvalue weighted by molar-refractivity contribution is 0.0792. The second kappa shape index (κ2) is 7.07. The van der Waals surface area contributed by atoms with E-state index in [4.69, 9.17) is 4.42 Å². The Morgan fingerprint density at radius 3 is 2.41 bits per heavy atom. The standard InChI is InChI=1S/C21H18N2O4/c24-19(17-13-15-5-1-2-6-18(15)27-21(17)26)22-16-9-7-14(8-10-16)20(25)23-11-3-4-12-23/h1-2,5-10,13H,3-4,11-12H2,(H,22,24). The maximum Gasteiger partial charge on any atom is 0.349 e. The van der Waals surface area contributed by atoms with Crippen LogP contribution in [-0.4, -0.2) is 29.8 Å². The van der Waals surface area contributed by atoms with Crippen molar-refractivity contribution >= 4 is 28.5 Å². The number of likely N-dealkylation sites (tertiary alicyclic amines) is 1. The van der Waals surface area contributed by atoms with Gasteiger partial charge in [0.1, 0.15) is 11.1 Å². The lowest BCUT2D eigenvalue weighted by Crippen LogP contribution is -2.27. The smallest absolute Gasteiger partial charge is 0.349 e. The first-order valence-electron chi connectivity index (χ1n) is 8.85. The highest BCUT2D eigenvalue weighted by Gasteiger charge is 2.19. The van der Waals surface area contributed by atoms with Gasteiger partial charge in [-0.1, -0.05) is 18.2 Å². The van der Waals surface area contributed by atoms with E-state index in [1.54, 1.807) is 48.5 Å². The number of hydrogen-bond donors (Lipinski definition) is 1. The van der Waals surface area contributed by atoms with Crippen LogP contribution in [0.15, 0.2) is 63.8 Å². The van der Waals surface area contributed by atoms with E-state index >= 15 is 0 Å². The van der Waals surface area contributed by atoms with Crippen LogP contribution in [0.25, 0.3) is 11.0 Å². The second-order valence-corrected chi connectivity index (χ2v) is 6.52. The maximum atomic E-state index is 12.5. The molecule has 1 aliphatic heterocycles. The van der Waals surface area contributed by atoms with Crippen molar-refractivity contribution in [3.05, 3.63) is 76.1 Å². The van der Waals surface area contributed by atoms with Gasteiger partial charge in [0.05, 0.1) is 0 Å². The number of rotatable bonds is 3. The fourth-order valence-electron chi connectivity index (χ4n) is 3.22. The summed E-state index contributed by atoms with van der Waals surface area (Å²) < 4.78 is 5.19. The summed E-state index contributed by atoms with van der Waals surface area (Å²) in [6, 6.07) is 15.2. The topological polar surface area (TPSA) is 79.6 Å². The summed E-state index contributed by atoms with van der Waals surface area (Å²) >= 11 is 0. The quantitative estimate of drug-likeness (QED) is 0.725. The van der Waals surface area contributed by atoms with E-state index in [-0.39, 0.29) is 11.5 Å². The van der Waals surface area contributed by atoms with Gasteiger partial charge in [-0.05, 0) is 49.2 Å². The van der Waals surface area contributed by atoms with E-state index in [2.05, 4.69) is 5.32 Å². The zero-order valence-electron chi connectivity index (χ0n) is 14.6. The summed E-state index contributed by atoms with van der Waals surface area (Å²) in [5.41, 5.74) is 0.771. The van der Waals surface area contributed by atoms with Crippen LogP contribution in [0, 0.1) is 0 Å². The van der Waals surface area contributed by atoms with Crippen molar-refractivity contribution in [3.8, 4) is 0 Å². The molecule has 1 aromatic heterocycles. The molecular formula is C21H18N2O4. The Bertz CT molecular complexity index is 1060. The van der Waals surface area contributed by atoms with Gasteiger partial charge in [-0.15, -0.1) is 0 Å². The molecule has 1 N–H and O–H groups in total. The Morgan fingerprint density at radius 2 is 1.67 bits per heavy atom. The molecule has 0 aliphatic carbocycles. The van der Waals surface area contributed by atoms with E-state index in [0.29, 0.717) is 22.2 Å². The molecule has 0 saturated carbocycles. The predicted octanol–water partition coefficient (Wildman–Crippen LogP) is 3.28. The number of para-hydroxylation sites is 1. The molecule has 0 spiro atoms. The van der Waals surface area contributed by atoms with Gasteiger partial charge in [-0.3, -0.25) is 9.59 Å². The number of hydrogen-bond acceptors (Lipinski definition) is 4. The van der Waals surface area contributed by atoms with Gasteiger partial charge in [0.25, 0.3) is 11.8 Å². The van der Waals surface area contributed by atoms with Crippen molar-refractivity contribution in [1.82, 2.24) is 4.90 Å². The number of nitrogens with zero attached hydrogens (tertiary/aromatic N) is 1. The predicted molar refractivity (Wildman–Crippen MR) is 102 cm³/mol. The Kier molecular flexibility index (Phi) is 4.46. The van der Waals surface area contributed by atoms with Crippen LogP contribution in [0.4, 0.5) is 5.69 Å². The summed E-state index contributed by atoms with van der Waals surface area (Å²) in [5.74, 6) is -0.548. The Morgan fingerprint density at radius 1 is 0.963 bits per heavy atom. The van der Waals surface area contributed by atoms with E-state index in [1.807, 2.05) is 4.90 Å². The van der Waals surface area contributed by atoms with Gasteiger partial charge < -0.3 is 14.6 Å². The zero-order valence-corrected chi connectivity index (χ0v) is 14.6. The normalized spacial score (nSPS) is 13.7. The zero-order chi connectivity index (χ0) is 18.8. The first kappa shape index (κ1) is 17.0. The summed E-state index contributed by atoms with van der Waals surface area (Å²) in [5, 5.41) is 3.35. The molecule has 0 radical (unpaired) electrons. The minimum Gasteiger partial charge on any atom is -0.422 e. The Labute approximate surface area is 155 Å². The van der Waals surface area contributed by atoms with Crippen LogP contribution in [0.2, 0.25) is 0 Å². The molecule has 3 aromatic rings. The number of nitrogens with one attached hydrogen (secondary N) is 1. The summed E-state index contributed by atoms with van der Waals surface area (Å²) in [7, 11) is 0. The lowest BCUT2D eigenvalue weighted by atomic mass is 10.1. The molecule has 2 aromatic carbocycles. The molecule has 6 heteroatoms. The third kappa shape index (κ3) is 3.46. The molecular weight excluding hydrogens is 344 g/mol. The van der Waals surface area contributed by atoms with Crippen LogP contribution < -0.4 is 10.9 Å². The number of carbonyl (C=O) groups excluding carboxylic acids is 2. The van der Waals surface area contributed by atoms with Crippen LogP contribution >= 0.6 is 0 Å². The van der Waals surface area contributed by atoms with Crippen molar-refractivity contribution in [2.24, 2.45) is 0 Å². The fourth-order valence-corrected chi connectivity index (χ4v) is 3.22. The number of anilines is 1. The van der Waals surface area contributed by atoms with Gasteiger partial charge in [0.15, 0.2) is 0 Å². The summed E-state index contributed by atoms with van der Waals surface area (Å²) in [4.78, 5) is 38.7. The lowest BCUT2D eigenvalue weighted by Gasteiger charge is -2.15. The molecule has 1 fully saturated rings. The number of amides is 2. The minimum absolute atomic E-state index is 0.000509. The van der Waals surface area contributed by atoms with Crippen LogP contribution in [-0.2, 0) is 0 Å². The van der Waals surface area contributed by atoms with E-state index < -0.39 is 11.5 Å². The number of carbonyl (C=O) groups is 2. The molecule has 0 atom stereocenters. The summed E-state index contributed by atoms with van der Waals surface area (Å²) in [6.45, 7) is 1.57. The molecule has 2 amide bonds. The molecule has 6 nitrogen and oxygen atoms in total. The van der Waals surface area contributed by atoms with Crippen molar-refractivity contribution in [2.75, 3.05) is 18.4 Å². The van der Waals surface area contributed by atoms with Gasteiger partial charge in [0.2, 0.25) is 0 Å². The van der Waals surface area contributed by atoms with Crippen LogP contribution in [0.5, 0.6) is 0 Å². The molecule has 2 heterocycles. The molecule has 0 bridgehead atoms. The molecule has 136 valence electrons. The fraction of sp³-hybridized carbons (Fsp3) is 0.190. The maximum absolute atomic E-state index is 12.5. The van der Waals surface area contributed by atoms with Crippen LogP contribution in [0.3, 0.4) is 0 Å². The Hall–Kier alpha value is -3.41. The Balaban J connectivity index is 1.52. The van der Waals surface area contributed by atoms with Crippen molar-refractivity contribution < 1.29 is 14.0 Å². The van der Waals surface area contributed by atoms with Crippen LogP contribution in [0.1, 0.15) is 33.6 Å². The molecule has 0 unspecified atom stereocenters. The van der Waals surface area contributed by atoms with Gasteiger partial charge >= 0.3 is 5.63 Å². The number of benzene rings is 2. The molecule has 27 heavy (non-hydrogen) atoms. The van der Waals surface area contributed by atoms with Crippen molar-refractivity contribution in [2.45, 2.75) is 12.8 Å². The average molecular weight is 362 g/mol. The first-order valence-corrected chi connectivity index (χ1v) is 8.85. The molecule has 1 aliphatic rings. The minimum atomic E-state index is -0.688. The monoisotopic (exact) mass is 362 g/mol. The second-order valence-electron chi connectivity index (χ2n) is 6.52. The highest BCUT2D eigenvalue weighted by molar-refractivity contribution is 6.05. The SMILES string of the molecule is O=C(Nc1ccc(C(=O)N2CCCC2)cc1)c1cc2ccccc2oc1=O. The third-order valence-electron chi connectivity index (χ3n) is 4.67. The van der Waals surface area contributed by atoms with E-state index in [0.717, 1.165) is 25.9 Å².